The molecule has 7 nitrogen and oxygen atoms in total. The Kier molecular flexibility index (Phi) is 5.77. The number of ether oxygens (including phenoxy) is 1. The van der Waals surface area contributed by atoms with Gasteiger partial charge in [-0.05, 0) is 46.0 Å². The number of aromatic nitrogens is 3. The van der Waals surface area contributed by atoms with Crippen LogP contribution in [0, 0.1) is 6.57 Å². The van der Waals surface area contributed by atoms with Crippen LogP contribution in [0.5, 0.6) is 0 Å². The second kappa shape index (κ2) is 9.17. The van der Waals surface area contributed by atoms with Gasteiger partial charge in [0.2, 0.25) is 5.69 Å². The van der Waals surface area contributed by atoms with Gasteiger partial charge in [-0.1, -0.05) is 42.5 Å². The molecule has 2 aromatic carbocycles. The molecule has 0 bridgehead atoms. The average molecular weight is 466 g/mol. The molecule has 0 fully saturated rings. The van der Waals surface area contributed by atoms with Gasteiger partial charge in [-0.15, -0.1) is 11.3 Å². The molecule has 166 valence electrons. The molecule has 0 aliphatic carbocycles. The van der Waals surface area contributed by atoms with E-state index in [1.807, 2.05) is 18.2 Å². The monoisotopic (exact) mass is 465 g/mol. The molecule has 0 saturated heterocycles. The first-order valence-electron chi connectivity index (χ1n) is 10.5. The highest BCUT2D eigenvalue weighted by atomic mass is 32.1. The molecule has 0 radical (unpaired) electrons. The first-order valence-corrected chi connectivity index (χ1v) is 11.3. The number of thiophene rings is 1. The Morgan fingerprint density at radius 3 is 2.71 bits per heavy atom. The van der Waals surface area contributed by atoms with Crippen LogP contribution >= 0.6 is 11.3 Å². The lowest BCUT2D eigenvalue weighted by Gasteiger charge is -2.07. The van der Waals surface area contributed by atoms with Crippen LogP contribution in [-0.2, 0) is 11.2 Å². The van der Waals surface area contributed by atoms with Gasteiger partial charge in [0.25, 0.3) is 0 Å². The van der Waals surface area contributed by atoms with Crippen LogP contribution in [0.15, 0.2) is 73.2 Å². The summed E-state index contributed by atoms with van der Waals surface area (Å²) < 4.78 is 4.67. The highest BCUT2D eigenvalue weighted by Crippen LogP contribution is 2.47. The Morgan fingerprint density at radius 2 is 1.94 bits per heavy atom. The lowest BCUT2D eigenvalue weighted by Crippen LogP contribution is -2.11. The van der Waals surface area contributed by atoms with Crippen molar-refractivity contribution in [3.05, 3.63) is 95.7 Å². The van der Waals surface area contributed by atoms with E-state index in [9.17, 15) is 4.79 Å². The lowest BCUT2D eigenvalue weighted by atomic mass is 9.99. The van der Waals surface area contributed by atoms with E-state index in [-0.39, 0.29) is 0 Å². The number of nitrogens with one attached hydrogen (secondary N) is 2. The second-order valence-corrected chi connectivity index (χ2v) is 8.56. The predicted molar refractivity (Wildman–Crippen MR) is 134 cm³/mol. The lowest BCUT2D eigenvalue weighted by molar-refractivity contribution is 0.187. The predicted octanol–water partition coefficient (Wildman–Crippen LogP) is 6.67. The number of amides is 1. The van der Waals surface area contributed by atoms with Crippen molar-refractivity contribution in [3.63, 3.8) is 0 Å². The summed E-state index contributed by atoms with van der Waals surface area (Å²) in [5, 5.41) is 4.92. The van der Waals surface area contributed by atoms with Gasteiger partial charge in [0.05, 0.1) is 18.6 Å². The molecule has 34 heavy (non-hydrogen) atoms. The Balaban J connectivity index is 1.62. The van der Waals surface area contributed by atoms with E-state index in [1.54, 1.807) is 24.7 Å². The van der Waals surface area contributed by atoms with Gasteiger partial charge in [-0.25, -0.2) is 19.6 Å². The zero-order valence-electron chi connectivity index (χ0n) is 18.2. The zero-order chi connectivity index (χ0) is 23.5. The quantitative estimate of drug-likeness (QED) is 0.284. The van der Waals surface area contributed by atoms with Gasteiger partial charge in [-0.2, -0.15) is 0 Å². The van der Waals surface area contributed by atoms with Gasteiger partial charge in [0, 0.05) is 23.5 Å². The topological polar surface area (TPSA) is 84.3 Å². The third-order valence-corrected chi connectivity index (χ3v) is 6.71. The van der Waals surface area contributed by atoms with Gasteiger partial charge >= 0.3 is 6.09 Å². The number of benzene rings is 2. The Labute approximate surface area is 199 Å². The maximum Gasteiger partial charge on any atom is 0.412 e. The van der Waals surface area contributed by atoms with Crippen molar-refractivity contribution >= 4 is 39.7 Å². The molecule has 1 amide bonds. The number of methoxy groups -OCH3 is 1. The fourth-order valence-electron chi connectivity index (χ4n) is 3.86. The zero-order valence-corrected chi connectivity index (χ0v) is 19.0. The maximum absolute atomic E-state index is 11.6. The number of rotatable bonds is 5. The summed E-state index contributed by atoms with van der Waals surface area (Å²) >= 11 is 1.50. The van der Waals surface area contributed by atoms with Crippen LogP contribution in [0.4, 0.5) is 16.3 Å². The molecule has 0 atom stereocenters. The van der Waals surface area contributed by atoms with Crippen LogP contribution in [0.1, 0.15) is 11.1 Å². The first kappa shape index (κ1) is 21.4. The standard InChI is InChI=1S/C26H19N5O2S/c1-27-22-20(14-16-7-8-17-5-3-4-6-18(17)13-16)24(25-29-11-12-30-25)34-23(22)19-9-10-28-21(15-19)31-26(32)33-2/h3-13,15H,14H2,2H3,(H,29,30)(H,28,31,32). The van der Waals surface area contributed by atoms with Crippen LogP contribution in [0.2, 0.25) is 0 Å². The number of nitrogens with zero attached hydrogens (tertiary/aromatic N) is 3. The molecule has 0 spiro atoms. The highest BCUT2D eigenvalue weighted by Gasteiger charge is 2.22. The number of carbonyl (C=O) groups is 1. The summed E-state index contributed by atoms with van der Waals surface area (Å²) in [7, 11) is 1.30. The smallest absolute Gasteiger partial charge is 0.412 e. The number of fused-ring (bicyclic) bond motifs is 1. The summed E-state index contributed by atoms with van der Waals surface area (Å²) in [5.41, 5.74) is 3.39. The minimum absolute atomic E-state index is 0.351. The van der Waals surface area contributed by atoms with E-state index in [4.69, 9.17) is 6.57 Å². The molecule has 3 aromatic heterocycles. The fraction of sp³-hybridized carbons (Fsp3) is 0.0769. The molecule has 0 unspecified atom stereocenters. The van der Waals surface area contributed by atoms with Crippen molar-refractivity contribution < 1.29 is 9.53 Å². The van der Waals surface area contributed by atoms with Gasteiger partial charge in [0.1, 0.15) is 11.6 Å². The van der Waals surface area contributed by atoms with Gasteiger partial charge < -0.3 is 9.72 Å². The van der Waals surface area contributed by atoms with E-state index < -0.39 is 6.09 Å². The molecule has 0 saturated carbocycles. The Morgan fingerprint density at radius 1 is 1.09 bits per heavy atom. The van der Waals surface area contributed by atoms with Crippen molar-refractivity contribution in [3.8, 4) is 21.1 Å². The molecule has 8 heteroatoms. The molecule has 3 heterocycles. The summed E-state index contributed by atoms with van der Waals surface area (Å²) in [4.78, 5) is 29.1. The number of imidazole rings is 1. The summed E-state index contributed by atoms with van der Waals surface area (Å²) in [6, 6.07) is 18.2. The average Bonchev–Trinajstić information content (AvgIpc) is 3.52. The first-order chi connectivity index (χ1) is 16.7. The minimum Gasteiger partial charge on any atom is -0.453 e. The van der Waals surface area contributed by atoms with E-state index in [1.165, 1.54) is 23.8 Å². The summed E-state index contributed by atoms with van der Waals surface area (Å²) in [6.45, 7) is 8.00. The van der Waals surface area contributed by atoms with Crippen molar-refractivity contribution in [2.75, 3.05) is 12.4 Å². The highest BCUT2D eigenvalue weighted by molar-refractivity contribution is 7.19. The number of hydrogen-bond acceptors (Lipinski definition) is 5. The van der Waals surface area contributed by atoms with Crippen LogP contribution in [0.3, 0.4) is 0 Å². The van der Waals surface area contributed by atoms with Gasteiger partial charge in [0.15, 0.2) is 0 Å². The van der Waals surface area contributed by atoms with Crippen LogP contribution in [-0.4, -0.2) is 28.2 Å². The normalized spacial score (nSPS) is 10.7. The van der Waals surface area contributed by atoms with E-state index in [0.717, 1.165) is 37.7 Å². The van der Waals surface area contributed by atoms with Crippen molar-refractivity contribution in [1.29, 1.82) is 0 Å². The number of H-pyrrole nitrogens is 1. The third kappa shape index (κ3) is 4.12. The van der Waals surface area contributed by atoms with Crippen molar-refractivity contribution in [1.82, 2.24) is 15.0 Å². The number of hydrogen-bond donors (Lipinski definition) is 2. The minimum atomic E-state index is -0.602. The summed E-state index contributed by atoms with van der Waals surface area (Å²) in [5.74, 6) is 1.07. The maximum atomic E-state index is 11.6. The molecule has 2 N–H and O–H groups in total. The largest absolute Gasteiger partial charge is 0.453 e. The van der Waals surface area contributed by atoms with E-state index in [0.29, 0.717) is 17.9 Å². The van der Waals surface area contributed by atoms with Crippen molar-refractivity contribution in [2.24, 2.45) is 0 Å². The van der Waals surface area contributed by atoms with E-state index in [2.05, 4.69) is 60.2 Å². The number of pyridine rings is 1. The fourth-order valence-corrected chi connectivity index (χ4v) is 5.08. The van der Waals surface area contributed by atoms with Crippen LogP contribution in [0.25, 0.3) is 36.8 Å². The number of anilines is 1. The molecule has 0 aliphatic heterocycles. The molecular weight excluding hydrogens is 446 g/mol. The summed E-state index contributed by atoms with van der Waals surface area (Å²) in [6.07, 6.45) is 5.07. The number of carbonyl (C=O) groups excluding carboxylic acids is 1. The van der Waals surface area contributed by atoms with Gasteiger partial charge in [-0.3, -0.25) is 5.32 Å². The third-order valence-electron chi connectivity index (χ3n) is 5.44. The molecular formula is C26H19N5O2S. The number of aromatic amines is 1. The van der Waals surface area contributed by atoms with E-state index >= 15 is 0 Å². The second-order valence-electron chi connectivity index (χ2n) is 7.54. The molecule has 5 aromatic rings. The Hall–Kier alpha value is -4.48. The molecule has 5 rings (SSSR count). The SMILES string of the molecule is [C-]#[N+]c1c(-c2ccnc(NC(=O)OC)c2)sc(-c2ncc[nH]2)c1Cc1ccc2ccccc2c1. The molecule has 0 aliphatic rings. The van der Waals surface area contributed by atoms with Crippen LogP contribution < -0.4 is 5.32 Å². The Bertz CT molecular complexity index is 1530. The van der Waals surface area contributed by atoms with Crippen molar-refractivity contribution in [2.45, 2.75) is 6.42 Å².